The number of hydrogen-bond donors (Lipinski definition) is 2. The molecule has 5 heteroatoms. The minimum absolute atomic E-state index is 0.0000418. The highest BCUT2D eigenvalue weighted by Crippen LogP contribution is 1.98. The molecule has 0 aliphatic rings. The van der Waals surface area contributed by atoms with E-state index in [1.807, 2.05) is 6.92 Å². The number of rotatable bonds is 5. The van der Waals surface area contributed by atoms with Crippen LogP contribution in [0.3, 0.4) is 0 Å². The second kappa shape index (κ2) is 5.65. The standard InChI is InChI=1S/C11H20N4O/c1-8(2)7-15-5-4-13-10(11(15)16)14-6-9(3)12/h4-5,8-9H,6-7,12H2,1-3H3,(H,13,14). The van der Waals surface area contributed by atoms with Crippen LogP contribution in [0.15, 0.2) is 17.2 Å². The lowest BCUT2D eigenvalue weighted by molar-refractivity contribution is 0.509. The number of anilines is 1. The summed E-state index contributed by atoms with van der Waals surface area (Å²) in [7, 11) is 0. The van der Waals surface area contributed by atoms with Crippen LogP contribution in [-0.2, 0) is 6.54 Å². The van der Waals surface area contributed by atoms with Gasteiger partial charge in [0.1, 0.15) is 0 Å². The van der Waals surface area contributed by atoms with Gasteiger partial charge >= 0.3 is 0 Å². The van der Waals surface area contributed by atoms with E-state index in [-0.39, 0.29) is 11.6 Å². The normalized spacial score (nSPS) is 12.8. The molecule has 0 aromatic carbocycles. The molecule has 1 atom stereocenters. The number of nitrogens with zero attached hydrogens (tertiary/aromatic N) is 2. The van der Waals surface area contributed by atoms with Crippen LogP contribution in [0.2, 0.25) is 0 Å². The van der Waals surface area contributed by atoms with Gasteiger partial charge in [-0.15, -0.1) is 0 Å². The summed E-state index contributed by atoms with van der Waals surface area (Å²) >= 11 is 0. The molecular weight excluding hydrogens is 204 g/mol. The van der Waals surface area contributed by atoms with E-state index in [0.717, 1.165) is 0 Å². The van der Waals surface area contributed by atoms with Gasteiger partial charge < -0.3 is 15.6 Å². The Labute approximate surface area is 95.7 Å². The van der Waals surface area contributed by atoms with E-state index in [1.54, 1.807) is 17.0 Å². The van der Waals surface area contributed by atoms with Crippen LogP contribution in [0.5, 0.6) is 0 Å². The van der Waals surface area contributed by atoms with Crippen LogP contribution in [0.1, 0.15) is 20.8 Å². The average molecular weight is 224 g/mol. The van der Waals surface area contributed by atoms with Crippen LogP contribution >= 0.6 is 0 Å². The van der Waals surface area contributed by atoms with E-state index in [0.29, 0.717) is 24.8 Å². The maximum absolute atomic E-state index is 11.9. The zero-order valence-electron chi connectivity index (χ0n) is 10.1. The predicted molar refractivity (Wildman–Crippen MR) is 65.5 cm³/mol. The molecule has 1 heterocycles. The Morgan fingerprint density at radius 3 is 2.75 bits per heavy atom. The summed E-state index contributed by atoms with van der Waals surface area (Å²) in [5.41, 5.74) is 5.52. The smallest absolute Gasteiger partial charge is 0.293 e. The van der Waals surface area contributed by atoms with Gasteiger partial charge in [0.2, 0.25) is 0 Å². The van der Waals surface area contributed by atoms with E-state index in [4.69, 9.17) is 5.73 Å². The summed E-state index contributed by atoms with van der Waals surface area (Å²) in [5, 5.41) is 2.96. The molecule has 0 saturated carbocycles. The molecular formula is C11H20N4O. The summed E-state index contributed by atoms with van der Waals surface area (Å²) in [4.78, 5) is 15.9. The minimum atomic E-state index is -0.0862. The quantitative estimate of drug-likeness (QED) is 0.770. The van der Waals surface area contributed by atoms with Crippen molar-refractivity contribution >= 4 is 5.82 Å². The molecule has 90 valence electrons. The second-order valence-electron chi connectivity index (χ2n) is 4.49. The average Bonchev–Trinajstić information content (AvgIpc) is 2.18. The number of hydrogen-bond acceptors (Lipinski definition) is 4. The Hall–Kier alpha value is -1.36. The van der Waals surface area contributed by atoms with Crippen molar-refractivity contribution in [2.24, 2.45) is 11.7 Å². The van der Waals surface area contributed by atoms with E-state index in [2.05, 4.69) is 24.1 Å². The van der Waals surface area contributed by atoms with Crippen LogP contribution in [0.4, 0.5) is 5.82 Å². The van der Waals surface area contributed by atoms with Gasteiger partial charge in [-0.25, -0.2) is 4.98 Å². The van der Waals surface area contributed by atoms with Crippen molar-refractivity contribution in [1.82, 2.24) is 9.55 Å². The molecule has 1 aromatic rings. The van der Waals surface area contributed by atoms with Gasteiger partial charge in [-0.2, -0.15) is 0 Å². The summed E-state index contributed by atoms with van der Waals surface area (Å²) in [6.45, 7) is 7.27. The lowest BCUT2D eigenvalue weighted by Crippen LogP contribution is -2.31. The van der Waals surface area contributed by atoms with Gasteiger partial charge in [-0.3, -0.25) is 4.79 Å². The SMILES string of the molecule is CC(C)Cn1ccnc(NCC(C)N)c1=O. The Morgan fingerprint density at radius 2 is 2.19 bits per heavy atom. The fourth-order valence-corrected chi connectivity index (χ4v) is 1.36. The van der Waals surface area contributed by atoms with Gasteiger partial charge in [0.15, 0.2) is 5.82 Å². The van der Waals surface area contributed by atoms with E-state index < -0.39 is 0 Å². The molecule has 0 radical (unpaired) electrons. The van der Waals surface area contributed by atoms with Crippen LogP contribution < -0.4 is 16.6 Å². The Bertz CT molecular complexity index is 384. The number of nitrogens with one attached hydrogen (secondary N) is 1. The minimum Gasteiger partial charge on any atom is -0.364 e. The molecule has 0 amide bonds. The lowest BCUT2D eigenvalue weighted by atomic mass is 10.2. The monoisotopic (exact) mass is 224 g/mol. The van der Waals surface area contributed by atoms with Crippen molar-refractivity contribution in [1.29, 1.82) is 0 Å². The molecule has 0 bridgehead atoms. The molecule has 1 rings (SSSR count). The third-order valence-electron chi connectivity index (χ3n) is 2.07. The van der Waals surface area contributed by atoms with Crippen molar-refractivity contribution in [3.63, 3.8) is 0 Å². The first-order valence-corrected chi connectivity index (χ1v) is 5.55. The number of nitrogens with two attached hydrogens (primary N) is 1. The third kappa shape index (κ3) is 3.66. The largest absolute Gasteiger partial charge is 0.364 e. The zero-order valence-corrected chi connectivity index (χ0v) is 10.1. The maximum Gasteiger partial charge on any atom is 0.293 e. The second-order valence-corrected chi connectivity index (χ2v) is 4.49. The van der Waals surface area contributed by atoms with Gasteiger partial charge in [0.25, 0.3) is 5.56 Å². The van der Waals surface area contributed by atoms with Gasteiger partial charge in [-0.05, 0) is 12.8 Å². The predicted octanol–water partition coefficient (Wildman–Crippen LogP) is 0.658. The molecule has 1 unspecified atom stereocenters. The number of aromatic nitrogens is 2. The maximum atomic E-state index is 11.9. The topological polar surface area (TPSA) is 72.9 Å². The van der Waals surface area contributed by atoms with Gasteiger partial charge in [0, 0.05) is 31.5 Å². The van der Waals surface area contributed by atoms with Gasteiger partial charge in [-0.1, -0.05) is 13.8 Å². The summed E-state index contributed by atoms with van der Waals surface area (Å²) in [6.07, 6.45) is 3.34. The highest BCUT2D eigenvalue weighted by atomic mass is 16.1. The molecule has 1 aromatic heterocycles. The Kier molecular flexibility index (Phi) is 4.49. The first kappa shape index (κ1) is 12.7. The summed E-state index contributed by atoms with van der Waals surface area (Å²) in [6, 6.07) is -0.0000418. The fraction of sp³-hybridized carbons (Fsp3) is 0.636. The molecule has 0 spiro atoms. The molecule has 0 saturated heterocycles. The molecule has 0 aliphatic carbocycles. The van der Waals surface area contributed by atoms with Crippen molar-refractivity contribution in [2.75, 3.05) is 11.9 Å². The molecule has 5 nitrogen and oxygen atoms in total. The third-order valence-corrected chi connectivity index (χ3v) is 2.07. The lowest BCUT2D eigenvalue weighted by Gasteiger charge is -2.11. The van der Waals surface area contributed by atoms with E-state index >= 15 is 0 Å². The van der Waals surface area contributed by atoms with Crippen molar-refractivity contribution < 1.29 is 0 Å². The van der Waals surface area contributed by atoms with Crippen molar-refractivity contribution in [2.45, 2.75) is 33.4 Å². The van der Waals surface area contributed by atoms with Crippen LogP contribution in [-0.4, -0.2) is 22.1 Å². The van der Waals surface area contributed by atoms with E-state index in [9.17, 15) is 4.79 Å². The fourth-order valence-electron chi connectivity index (χ4n) is 1.36. The Balaban J connectivity index is 2.82. The molecule has 0 aliphatic heterocycles. The molecule has 0 fully saturated rings. The molecule has 16 heavy (non-hydrogen) atoms. The molecule has 3 N–H and O–H groups in total. The van der Waals surface area contributed by atoms with Crippen LogP contribution in [0.25, 0.3) is 0 Å². The first-order chi connectivity index (χ1) is 7.50. The Morgan fingerprint density at radius 1 is 1.50 bits per heavy atom. The van der Waals surface area contributed by atoms with E-state index in [1.165, 1.54) is 0 Å². The first-order valence-electron chi connectivity index (χ1n) is 5.55. The highest BCUT2D eigenvalue weighted by Gasteiger charge is 2.06. The highest BCUT2D eigenvalue weighted by molar-refractivity contribution is 5.30. The van der Waals surface area contributed by atoms with Crippen molar-refractivity contribution in [3.05, 3.63) is 22.7 Å². The summed E-state index contributed by atoms with van der Waals surface area (Å²) in [5.74, 6) is 0.807. The van der Waals surface area contributed by atoms with Gasteiger partial charge in [0.05, 0.1) is 0 Å². The van der Waals surface area contributed by atoms with Crippen LogP contribution in [0, 0.1) is 5.92 Å². The summed E-state index contributed by atoms with van der Waals surface area (Å²) < 4.78 is 1.67. The zero-order chi connectivity index (χ0) is 12.1. The van der Waals surface area contributed by atoms with Crippen molar-refractivity contribution in [3.8, 4) is 0 Å².